The van der Waals surface area contributed by atoms with Crippen molar-refractivity contribution in [1.29, 1.82) is 0 Å². The zero-order valence-corrected chi connectivity index (χ0v) is 11.3. The molecule has 17 heavy (non-hydrogen) atoms. The highest BCUT2D eigenvalue weighted by Crippen LogP contribution is 2.23. The Labute approximate surface area is 116 Å². The largest absolute Gasteiger partial charge is 0.368 e. The van der Waals surface area contributed by atoms with E-state index in [9.17, 15) is 4.39 Å². The molecule has 0 radical (unpaired) electrons. The molecule has 88 valence electrons. The van der Waals surface area contributed by atoms with E-state index in [2.05, 4.69) is 15.3 Å². The van der Waals surface area contributed by atoms with Gasteiger partial charge in [0, 0.05) is 9.64 Å². The molecule has 0 bridgehead atoms. The number of rotatable bonds is 2. The third kappa shape index (κ3) is 3.16. The van der Waals surface area contributed by atoms with Crippen molar-refractivity contribution in [1.82, 2.24) is 9.97 Å². The fourth-order valence-electron chi connectivity index (χ4n) is 1.23. The van der Waals surface area contributed by atoms with E-state index in [1.165, 1.54) is 18.2 Å². The molecule has 4 nitrogen and oxygen atoms in total. The summed E-state index contributed by atoms with van der Waals surface area (Å²) >= 11 is 7.77. The van der Waals surface area contributed by atoms with Gasteiger partial charge in [-0.1, -0.05) is 11.6 Å². The fourth-order valence-corrected chi connectivity index (χ4v) is 2.03. The van der Waals surface area contributed by atoms with Crippen molar-refractivity contribution in [2.75, 3.05) is 11.1 Å². The Bertz CT molecular complexity index is 544. The van der Waals surface area contributed by atoms with Gasteiger partial charge in [0.25, 0.3) is 0 Å². The number of halogens is 3. The molecular weight excluding hydrogens is 357 g/mol. The van der Waals surface area contributed by atoms with Crippen LogP contribution >= 0.6 is 34.2 Å². The van der Waals surface area contributed by atoms with Crippen molar-refractivity contribution in [3.8, 4) is 0 Å². The van der Waals surface area contributed by atoms with Gasteiger partial charge < -0.3 is 11.1 Å². The van der Waals surface area contributed by atoms with Crippen molar-refractivity contribution >= 4 is 51.6 Å². The Morgan fingerprint density at radius 2 is 2.06 bits per heavy atom. The van der Waals surface area contributed by atoms with Gasteiger partial charge in [-0.05, 0) is 40.8 Å². The number of nitrogens with one attached hydrogen (secondary N) is 1. The molecule has 1 aromatic heterocycles. The van der Waals surface area contributed by atoms with E-state index in [1.54, 1.807) is 6.07 Å². The number of aromatic nitrogens is 2. The molecule has 0 saturated carbocycles. The Morgan fingerprint density at radius 3 is 2.71 bits per heavy atom. The van der Waals surface area contributed by atoms with Gasteiger partial charge in [0.1, 0.15) is 16.8 Å². The van der Waals surface area contributed by atoms with Crippen LogP contribution in [-0.4, -0.2) is 9.97 Å². The lowest BCUT2D eigenvalue weighted by molar-refractivity contribution is 0.627. The topological polar surface area (TPSA) is 63.8 Å². The number of anilines is 3. The molecule has 2 rings (SSSR count). The molecule has 2 aromatic rings. The van der Waals surface area contributed by atoms with Gasteiger partial charge in [-0.25, -0.2) is 9.37 Å². The highest BCUT2D eigenvalue weighted by atomic mass is 127. The molecule has 0 amide bonds. The van der Waals surface area contributed by atoms with Crippen LogP contribution in [0.1, 0.15) is 0 Å². The monoisotopic (exact) mass is 364 g/mol. The van der Waals surface area contributed by atoms with E-state index in [1.807, 2.05) is 22.6 Å². The summed E-state index contributed by atoms with van der Waals surface area (Å²) in [6.45, 7) is 0. The third-order valence-electron chi connectivity index (χ3n) is 1.91. The Hall–Kier alpha value is -1.15. The maximum Gasteiger partial charge on any atom is 0.223 e. The molecule has 0 aliphatic rings. The van der Waals surface area contributed by atoms with Gasteiger partial charge in [-0.3, -0.25) is 0 Å². The van der Waals surface area contributed by atoms with Crippen LogP contribution in [0.3, 0.4) is 0 Å². The van der Waals surface area contributed by atoms with Gasteiger partial charge in [-0.2, -0.15) is 4.98 Å². The molecule has 0 aliphatic carbocycles. The van der Waals surface area contributed by atoms with Crippen LogP contribution in [0.15, 0.2) is 24.3 Å². The van der Waals surface area contributed by atoms with Crippen LogP contribution in [-0.2, 0) is 0 Å². The lowest BCUT2D eigenvalue weighted by atomic mass is 10.3. The maximum absolute atomic E-state index is 12.9. The van der Waals surface area contributed by atoms with E-state index >= 15 is 0 Å². The van der Waals surface area contributed by atoms with Gasteiger partial charge in [0.15, 0.2) is 0 Å². The van der Waals surface area contributed by atoms with Gasteiger partial charge >= 0.3 is 0 Å². The first-order chi connectivity index (χ1) is 8.04. The summed E-state index contributed by atoms with van der Waals surface area (Å²) in [6.07, 6.45) is 0. The number of nitrogens with zero attached hydrogens (tertiary/aromatic N) is 2. The lowest BCUT2D eigenvalue weighted by Crippen LogP contribution is -2.01. The molecule has 0 fully saturated rings. The number of nitrogen functional groups attached to an aromatic ring is 1. The van der Waals surface area contributed by atoms with Crippen molar-refractivity contribution in [3.63, 3.8) is 0 Å². The molecule has 0 atom stereocenters. The fraction of sp³-hybridized carbons (Fsp3) is 0. The lowest BCUT2D eigenvalue weighted by Gasteiger charge is -2.08. The van der Waals surface area contributed by atoms with Crippen molar-refractivity contribution in [2.45, 2.75) is 0 Å². The normalized spacial score (nSPS) is 10.3. The third-order valence-corrected chi connectivity index (χ3v) is 2.99. The standard InChI is InChI=1S/C10H7ClFIN4/c11-8-4-9(17-10(14)16-8)15-7-2-1-5(12)3-6(7)13/h1-4H,(H3,14,15,16,17). The predicted molar refractivity (Wildman–Crippen MR) is 73.9 cm³/mol. The van der Waals surface area contributed by atoms with Gasteiger partial charge in [-0.15, -0.1) is 0 Å². The smallest absolute Gasteiger partial charge is 0.223 e. The molecule has 3 N–H and O–H groups in total. The van der Waals surface area contributed by atoms with E-state index in [-0.39, 0.29) is 16.9 Å². The number of hydrogen-bond acceptors (Lipinski definition) is 4. The van der Waals surface area contributed by atoms with E-state index in [0.29, 0.717) is 5.82 Å². The Kier molecular flexibility index (Phi) is 3.63. The van der Waals surface area contributed by atoms with Crippen LogP contribution in [0.5, 0.6) is 0 Å². The number of hydrogen-bond donors (Lipinski definition) is 2. The van der Waals surface area contributed by atoms with Gasteiger partial charge in [0.2, 0.25) is 5.95 Å². The first kappa shape index (κ1) is 12.3. The van der Waals surface area contributed by atoms with Crippen LogP contribution in [0.2, 0.25) is 5.15 Å². The average molecular weight is 365 g/mol. The quantitative estimate of drug-likeness (QED) is 0.634. The van der Waals surface area contributed by atoms with E-state index in [0.717, 1.165) is 9.26 Å². The van der Waals surface area contributed by atoms with Gasteiger partial charge in [0.05, 0.1) is 5.69 Å². The average Bonchev–Trinajstić information content (AvgIpc) is 2.21. The predicted octanol–water partition coefficient (Wildman–Crippen LogP) is 3.20. The molecule has 1 heterocycles. The molecular formula is C10H7ClFIN4. The second kappa shape index (κ2) is 5.01. The Balaban J connectivity index is 2.31. The minimum atomic E-state index is -0.291. The second-order valence-electron chi connectivity index (χ2n) is 3.18. The van der Waals surface area contributed by atoms with E-state index < -0.39 is 0 Å². The maximum atomic E-state index is 12.9. The summed E-state index contributed by atoms with van der Waals surface area (Å²) in [7, 11) is 0. The van der Waals surface area contributed by atoms with Crippen LogP contribution in [0, 0.1) is 9.39 Å². The van der Waals surface area contributed by atoms with Crippen LogP contribution < -0.4 is 11.1 Å². The minimum absolute atomic E-state index is 0.0807. The summed E-state index contributed by atoms with van der Waals surface area (Å²) in [5, 5.41) is 3.24. The molecule has 1 aromatic carbocycles. The minimum Gasteiger partial charge on any atom is -0.368 e. The SMILES string of the molecule is Nc1nc(Cl)cc(Nc2ccc(F)cc2I)n1. The first-order valence-corrected chi connectivity index (χ1v) is 6.02. The first-order valence-electron chi connectivity index (χ1n) is 4.57. The number of benzene rings is 1. The van der Waals surface area contributed by atoms with Crippen molar-refractivity contribution in [2.24, 2.45) is 0 Å². The highest BCUT2D eigenvalue weighted by Gasteiger charge is 2.04. The van der Waals surface area contributed by atoms with Crippen molar-refractivity contribution < 1.29 is 4.39 Å². The zero-order valence-electron chi connectivity index (χ0n) is 8.42. The molecule has 0 unspecified atom stereocenters. The van der Waals surface area contributed by atoms with Crippen LogP contribution in [0.25, 0.3) is 0 Å². The summed E-state index contributed by atoms with van der Waals surface area (Å²) in [5.41, 5.74) is 6.19. The van der Waals surface area contributed by atoms with Crippen LogP contribution in [0.4, 0.5) is 21.8 Å². The molecule has 0 spiro atoms. The summed E-state index contributed by atoms with van der Waals surface area (Å²) in [4.78, 5) is 7.71. The summed E-state index contributed by atoms with van der Waals surface area (Å²) in [5.74, 6) is 0.254. The summed E-state index contributed by atoms with van der Waals surface area (Å²) < 4.78 is 13.6. The molecule has 7 heteroatoms. The molecule has 0 saturated heterocycles. The highest BCUT2D eigenvalue weighted by molar-refractivity contribution is 14.1. The Morgan fingerprint density at radius 1 is 1.29 bits per heavy atom. The molecule has 0 aliphatic heterocycles. The zero-order chi connectivity index (χ0) is 12.4. The van der Waals surface area contributed by atoms with Crippen molar-refractivity contribution in [3.05, 3.63) is 38.8 Å². The number of nitrogens with two attached hydrogens (primary N) is 1. The summed E-state index contributed by atoms with van der Waals surface area (Å²) in [6, 6.07) is 5.92. The second-order valence-corrected chi connectivity index (χ2v) is 4.73. The van der Waals surface area contributed by atoms with E-state index in [4.69, 9.17) is 17.3 Å².